The van der Waals surface area contributed by atoms with E-state index in [4.69, 9.17) is 0 Å². The molecule has 0 N–H and O–H groups in total. The molecule has 0 atom stereocenters. The van der Waals surface area contributed by atoms with Crippen molar-refractivity contribution in [2.75, 3.05) is 0 Å². The quantitative estimate of drug-likeness (QED) is 0.216. The fourth-order valence-corrected chi connectivity index (χ4v) is 5.65. The number of fused-ring (bicyclic) bond motifs is 6. The number of pyridine rings is 2. The highest BCUT2D eigenvalue weighted by Crippen LogP contribution is 2.44. The van der Waals surface area contributed by atoms with E-state index in [0.717, 1.165) is 21.8 Å². The predicted octanol–water partition coefficient (Wildman–Crippen LogP) is 10.1. The van der Waals surface area contributed by atoms with E-state index < -0.39 is 0 Å². The van der Waals surface area contributed by atoms with Gasteiger partial charge in [0, 0.05) is 23.2 Å². The third kappa shape index (κ3) is 4.26. The molecule has 2 heteroatoms. The summed E-state index contributed by atoms with van der Waals surface area (Å²) in [5.74, 6) is 0. The van der Waals surface area contributed by atoms with Gasteiger partial charge in [-0.3, -0.25) is 9.97 Å². The van der Waals surface area contributed by atoms with Crippen molar-refractivity contribution in [2.24, 2.45) is 0 Å². The molecule has 0 spiro atoms. The SMILES string of the molecule is c1ccc(-c2c(-c3ccccc3)c3ccccc3c3ccccc23)cc1.c1cnc2c(c1)ccc1ncccc12. The Morgan fingerprint density at radius 1 is 0.325 bits per heavy atom. The van der Waals surface area contributed by atoms with Crippen molar-refractivity contribution in [3.05, 3.63) is 158 Å². The molecule has 0 aliphatic carbocycles. The summed E-state index contributed by atoms with van der Waals surface area (Å²) >= 11 is 0. The lowest BCUT2D eigenvalue weighted by Gasteiger charge is -2.18. The van der Waals surface area contributed by atoms with E-state index in [1.807, 2.05) is 24.4 Å². The van der Waals surface area contributed by atoms with Gasteiger partial charge in [-0.15, -0.1) is 0 Å². The molecule has 2 aromatic heterocycles. The van der Waals surface area contributed by atoms with Crippen molar-refractivity contribution >= 4 is 43.4 Å². The van der Waals surface area contributed by atoms with Crippen LogP contribution in [0.15, 0.2) is 158 Å². The standard InChI is InChI=1S/C26H18.C12H8N2/c1-3-11-19(12-4-1)25-23-17-9-7-15-21(23)22-16-8-10-18-24(22)26(25)20-13-5-2-6-14-20;1-3-9-5-6-11-10(4-2-7-13-11)12(9)14-8-1/h1-18H;1-8H. The third-order valence-corrected chi connectivity index (χ3v) is 7.41. The van der Waals surface area contributed by atoms with Gasteiger partial charge >= 0.3 is 0 Å². The molecule has 8 aromatic rings. The summed E-state index contributed by atoms with van der Waals surface area (Å²) in [4.78, 5) is 8.66. The molecule has 0 bridgehead atoms. The van der Waals surface area contributed by atoms with Gasteiger partial charge in [0.15, 0.2) is 0 Å². The molecule has 0 aliphatic heterocycles. The summed E-state index contributed by atoms with van der Waals surface area (Å²) in [5.41, 5.74) is 7.16. The third-order valence-electron chi connectivity index (χ3n) is 7.41. The lowest BCUT2D eigenvalue weighted by Crippen LogP contribution is -1.91. The number of aromatic nitrogens is 2. The van der Waals surface area contributed by atoms with Crippen LogP contribution in [-0.2, 0) is 0 Å². The van der Waals surface area contributed by atoms with Crippen LogP contribution < -0.4 is 0 Å². The largest absolute Gasteiger partial charge is 0.256 e. The number of rotatable bonds is 2. The highest BCUT2D eigenvalue weighted by molar-refractivity contribution is 6.21. The molecule has 40 heavy (non-hydrogen) atoms. The Morgan fingerprint density at radius 2 is 0.800 bits per heavy atom. The van der Waals surface area contributed by atoms with Crippen molar-refractivity contribution in [1.82, 2.24) is 9.97 Å². The van der Waals surface area contributed by atoms with Gasteiger partial charge in [-0.2, -0.15) is 0 Å². The minimum absolute atomic E-state index is 0.999. The molecule has 2 nitrogen and oxygen atoms in total. The second-order valence-electron chi connectivity index (χ2n) is 9.78. The van der Waals surface area contributed by atoms with E-state index in [9.17, 15) is 0 Å². The first kappa shape index (κ1) is 23.8. The minimum atomic E-state index is 0.999. The Bertz CT molecular complexity index is 1950. The minimum Gasteiger partial charge on any atom is -0.256 e. The van der Waals surface area contributed by atoms with Crippen LogP contribution >= 0.6 is 0 Å². The van der Waals surface area contributed by atoms with Crippen molar-refractivity contribution in [1.29, 1.82) is 0 Å². The molecule has 188 valence electrons. The highest BCUT2D eigenvalue weighted by atomic mass is 14.7. The molecule has 0 unspecified atom stereocenters. The van der Waals surface area contributed by atoms with E-state index >= 15 is 0 Å². The van der Waals surface area contributed by atoms with Gasteiger partial charge in [0.1, 0.15) is 0 Å². The van der Waals surface area contributed by atoms with Crippen molar-refractivity contribution < 1.29 is 0 Å². The Morgan fingerprint density at radius 3 is 1.40 bits per heavy atom. The van der Waals surface area contributed by atoms with Gasteiger partial charge in [-0.1, -0.05) is 121 Å². The van der Waals surface area contributed by atoms with E-state index in [1.54, 1.807) is 6.20 Å². The fraction of sp³-hybridized carbons (Fsp3) is 0. The maximum Gasteiger partial charge on any atom is 0.0795 e. The van der Waals surface area contributed by atoms with E-state index in [0.29, 0.717) is 0 Å². The van der Waals surface area contributed by atoms with Gasteiger partial charge in [0.2, 0.25) is 0 Å². The van der Waals surface area contributed by atoms with Gasteiger partial charge in [0.25, 0.3) is 0 Å². The van der Waals surface area contributed by atoms with Gasteiger partial charge in [-0.05, 0) is 68.1 Å². The van der Waals surface area contributed by atoms with Crippen LogP contribution in [0.25, 0.3) is 65.6 Å². The Hall–Kier alpha value is -5.34. The van der Waals surface area contributed by atoms with Crippen LogP contribution in [0.1, 0.15) is 0 Å². The molecular formula is C38H26N2. The normalized spacial score (nSPS) is 11.0. The number of hydrogen-bond donors (Lipinski definition) is 0. The Kier molecular flexibility index (Phi) is 6.20. The summed E-state index contributed by atoms with van der Waals surface area (Å²) in [7, 11) is 0. The maximum atomic E-state index is 4.37. The summed E-state index contributed by atoms with van der Waals surface area (Å²) in [6.45, 7) is 0. The lowest BCUT2D eigenvalue weighted by molar-refractivity contribution is 1.39. The molecule has 0 radical (unpaired) electrons. The molecule has 0 aliphatic rings. The number of hydrogen-bond acceptors (Lipinski definition) is 2. The van der Waals surface area contributed by atoms with Crippen LogP contribution in [0.4, 0.5) is 0 Å². The molecule has 0 saturated heterocycles. The molecule has 2 heterocycles. The number of nitrogens with zero attached hydrogens (tertiary/aromatic N) is 2. The van der Waals surface area contributed by atoms with Crippen LogP contribution in [0.3, 0.4) is 0 Å². The monoisotopic (exact) mass is 510 g/mol. The molecule has 8 rings (SSSR count). The highest BCUT2D eigenvalue weighted by Gasteiger charge is 2.16. The number of benzene rings is 6. The molecule has 0 saturated carbocycles. The lowest BCUT2D eigenvalue weighted by atomic mass is 9.85. The summed E-state index contributed by atoms with van der Waals surface area (Å²) < 4.78 is 0. The molecular weight excluding hydrogens is 484 g/mol. The second-order valence-corrected chi connectivity index (χ2v) is 9.78. The first-order valence-corrected chi connectivity index (χ1v) is 13.5. The second kappa shape index (κ2) is 10.4. The van der Waals surface area contributed by atoms with Gasteiger partial charge < -0.3 is 0 Å². The Labute approximate surface area is 233 Å². The topological polar surface area (TPSA) is 25.8 Å². The summed E-state index contributed by atoms with van der Waals surface area (Å²) in [6, 6.07) is 51.1. The first-order chi connectivity index (χ1) is 19.9. The fourth-order valence-electron chi connectivity index (χ4n) is 5.65. The Balaban J connectivity index is 0.000000159. The van der Waals surface area contributed by atoms with Crippen molar-refractivity contribution in [3.8, 4) is 22.3 Å². The van der Waals surface area contributed by atoms with Crippen LogP contribution in [0, 0.1) is 0 Å². The zero-order chi connectivity index (χ0) is 26.7. The predicted molar refractivity (Wildman–Crippen MR) is 169 cm³/mol. The van der Waals surface area contributed by atoms with E-state index in [2.05, 4.69) is 137 Å². The van der Waals surface area contributed by atoms with Crippen LogP contribution in [0.2, 0.25) is 0 Å². The summed E-state index contributed by atoms with van der Waals surface area (Å²) in [5, 5.41) is 7.49. The van der Waals surface area contributed by atoms with Crippen molar-refractivity contribution in [3.63, 3.8) is 0 Å². The zero-order valence-electron chi connectivity index (χ0n) is 21.9. The van der Waals surface area contributed by atoms with Crippen LogP contribution in [-0.4, -0.2) is 9.97 Å². The van der Waals surface area contributed by atoms with Crippen LogP contribution in [0.5, 0.6) is 0 Å². The zero-order valence-corrected chi connectivity index (χ0v) is 21.9. The first-order valence-electron chi connectivity index (χ1n) is 13.5. The average Bonchev–Trinajstić information content (AvgIpc) is 3.05. The summed E-state index contributed by atoms with van der Waals surface area (Å²) in [6.07, 6.45) is 3.62. The molecule has 6 aromatic carbocycles. The molecule has 0 amide bonds. The van der Waals surface area contributed by atoms with E-state index in [-0.39, 0.29) is 0 Å². The van der Waals surface area contributed by atoms with Gasteiger partial charge in [0.05, 0.1) is 11.0 Å². The smallest absolute Gasteiger partial charge is 0.0795 e. The average molecular weight is 511 g/mol. The van der Waals surface area contributed by atoms with E-state index in [1.165, 1.54) is 43.8 Å². The van der Waals surface area contributed by atoms with Crippen molar-refractivity contribution in [2.45, 2.75) is 0 Å². The van der Waals surface area contributed by atoms with Gasteiger partial charge in [-0.25, -0.2) is 0 Å². The maximum absolute atomic E-state index is 4.37. The molecule has 0 fully saturated rings.